The molecule has 8 heteroatoms. The molecule has 1 aliphatic heterocycles. The van der Waals surface area contributed by atoms with Crippen molar-refractivity contribution in [1.82, 2.24) is 19.5 Å². The quantitative estimate of drug-likeness (QED) is 0.386. The SMILES string of the molecule is CC(C)CCN1CCN(c2ccc(Nc3ccc(-c4ccc(C(N)=O)cc4)n4ncnc34)cc2)CC1. The molecular weight excluding hydrogens is 450 g/mol. The van der Waals surface area contributed by atoms with Crippen molar-refractivity contribution in [3.05, 3.63) is 72.6 Å². The lowest BCUT2D eigenvalue weighted by atomic mass is 10.1. The first-order chi connectivity index (χ1) is 17.5. The molecule has 0 bridgehead atoms. The molecule has 2 aromatic carbocycles. The number of hydrogen-bond acceptors (Lipinski definition) is 6. The van der Waals surface area contributed by atoms with Crippen molar-refractivity contribution in [3.8, 4) is 11.3 Å². The maximum absolute atomic E-state index is 11.4. The van der Waals surface area contributed by atoms with Crippen LogP contribution in [0.5, 0.6) is 0 Å². The van der Waals surface area contributed by atoms with Gasteiger partial charge < -0.3 is 16.0 Å². The highest BCUT2D eigenvalue weighted by Gasteiger charge is 2.17. The lowest BCUT2D eigenvalue weighted by Gasteiger charge is -2.36. The van der Waals surface area contributed by atoms with Gasteiger partial charge in [-0.05, 0) is 67.4 Å². The predicted octanol–water partition coefficient (Wildman–Crippen LogP) is 4.41. The van der Waals surface area contributed by atoms with Gasteiger partial charge in [0, 0.05) is 48.7 Å². The molecule has 0 aliphatic carbocycles. The molecule has 8 nitrogen and oxygen atoms in total. The summed E-state index contributed by atoms with van der Waals surface area (Å²) in [4.78, 5) is 20.9. The Morgan fingerprint density at radius 1 is 0.972 bits per heavy atom. The number of fused-ring (bicyclic) bond motifs is 1. The molecule has 1 fully saturated rings. The number of benzene rings is 2. The van der Waals surface area contributed by atoms with E-state index in [4.69, 9.17) is 5.73 Å². The number of pyridine rings is 1. The Morgan fingerprint density at radius 3 is 2.36 bits per heavy atom. The molecule has 1 amide bonds. The van der Waals surface area contributed by atoms with Gasteiger partial charge in [0.1, 0.15) is 6.33 Å². The normalized spacial score (nSPS) is 14.5. The van der Waals surface area contributed by atoms with Crippen molar-refractivity contribution in [2.24, 2.45) is 11.7 Å². The zero-order valence-electron chi connectivity index (χ0n) is 20.9. The molecule has 36 heavy (non-hydrogen) atoms. The van der Waals surface area contributed by atoms with Crippen LogP contribution >= 0.6 is 0 Å². The molecule has 3 heterocycles. The van der Waals surface area contributed by atoms with Gasteiger partial charge in [-0.15, -0.1) is 0 Å². The zero-order valence-corrected chi connectivity index (χ0v) is 20.9. The average Bonchev–Trinajstić information content (AvgIpc) is 3.39. The van der Waals surface area contributed by atoms with Crippen molar-refractivity contribution in [1.29, 1.82) is 0 Å². The second-order valence-electron chi connectivity index (χ2n) is 9.75. The number of hydrogen-bond donors (Lipinski definition) is 2. The zero-order chi connectivity index (χ0) is 25.1. The Bertz CT molecular complexity index is 1320. The summed E-state index contributed by atoms with van der Waals surface area (Å²) in [5, 5.41) is 7.91. The van der Waals surface area contributed by atoms with Crippen molar-refractivity contribution >= 4 is 28.6 Å². The number of nitrogens with zero attached hydrogens (tertiary/aromatic N) is 5. The molecule has 0 atom stereocenters. The van der Waals surface area contributed by atoms with E-state index < -0.39 is 5.91 Å². The molecule has 4 aromatic rings. The van der Waals surface area contributed by atoms with Crippen LogP contribution in [0.1, 0.15) is 30.6 Å². The van der Waals surface area contributed by atoms with Crippen molar-refractivity contribution in [2.75, 3.05) is 42.9 Å². The van der Waals surface area contributed by atoms with E-state index in [1.807, 2.05) is 24.3 Å². The third kappa shape index (κ3) is 5.18. The second kappa shape index (κ2) is 10.4. The van der Waals surface area contributed by atoms with Gasteiger partial charge in [-0.25, -0.2) is 9.50 Å². The van der Waals surface area contributed by atoms with Gasteiger partial charge in [-0.2, -0.15) is 5.10 Å². The number of carbonyl (C=O) groups excluding carboxylic acids is 1. The van der Waals surface area contributed by atoms with Gasteiger partial charge in [0.2, 0.25) is 5.91 Å². The fourth-order valence-electron chi connectivity index (χ4n) is 4.61. The maximum atomic E-state index is 11.4. The fraction of sp³-hybridized carbons (Fsp3) is 0.321. The lowest BCUT2D eigenvalue weighted by molar-refractivity contribution is 0.100. The first kappa shape index (κ1) is 23.8. The topological polar surface area (TPSA) is 91.8 Å². The van der Waals surface area contributed by atoms with Gasteiger partial charge in [0.05, 0.1) is 11.4 Å². The summed E-state index contributed by atoms with van der Waals surface area (Å²) < 4.78 is 1.80. The number of rotatable bonds is 8. The highest BCUT2D eigenvalue weighted by atomic mass is 16.1. The molecule has 0 unspecified atom stereocenters. The average molecular weight is 484 g/mol. The Balaban J connectivity index is 1.27. The van der Waals surface area contributed by atoms with E-state index in [1.54, 1.807) is 23.0 Å². The summed E-state index contributed by atoms with van der Waals surface area (Å²) in [6, 6.07) is 19.8. The molecule has 3 N–H and O–H groups in total. The standard InChI is InChI=1S/C28H33N7O/c1-20(2)13-14-33-15-17-34(18-16-33)24-9-7-23(8-10-24)32-25-11-12-26(35-28(25)30-19-31-35)21-3-5-22(6-4-21)27(29)36/h3-12,19-20,32H,13-18H2,1-2H3,(H2,29,36). The van der Waals surface area contributed by atoms with E-state index in [-0.39, 0.29) is 0 Å². The van der Waals surface area contributed by atoms with E-state index in [0.717, 1.165) is 60.4 Å². The molecule has 0 spiro atoms. The monoisotopic (exact) mass is 483 g/mol. The number of primary amides is 1. The highest BCUT2D eigenvalue weighted by Crippen LogP contribution is 2.28. The number of piperazine rings is 1. The summed E-state index contributed by atoms with van der Waals surface area (Å²) >= 11 is 0. The lowest BCUT2D eigenvalue weighted by Crippen LogP contribution is -2.46. The Morgan fingerprint density at radius 2 is 1.69 bits per heavy atom. The summed E-state index contributed by atoms with van der Waals surface area (Å²) in [7, 11) is 0. The number of amides is 1. The Kier molecular flexibility index (Phi) is 6.86. The largest absolute Gasteiger partial charge is 0.369 e. The number of nitrogens with one attached hydrogen (secondary N) is 1. The number of carbonyl (C=O) groups is 1. The summed E-state index contributed by atoms with van der Waals surface area (Å²) in [6.45, 7) is 10.1. The first-order valence-corrected chi connectivity index (χ1v) is 12.6. The molecule has 0 radical (unpaired) electrons. The highest BCUT2D eigenvalue weighted by molar-refractivity contribution is 5.93. The third-order valence-corrected chi connectivity index (χ3v) is 6.80. The molecule has 1 aliphatic rings. The van der Waals surface area contributed by atoms with Crippen LogP contribution in [0.25, 0.3) is 16.9 Å². The minimum atomic E-state index is -0.443. The van der Waals surface area contributed by atoms with Gasteiger partial charge in [0.15, 0.2) is 5.65 Å². The molecule has 2 aromatic heterocycles. The fourth-order valence-corrected chi connectivity index (χ4v) is 4.61. The number of anilines is 3. The van der Waals surface area contributed by atoms with E-state index in [1.165, 1.54) is 18.7 Å². The van der Waals surface area contributed by atoms with Crippen LogP contribution < -0.4 is 16.0 Å². The molecule has 0 saturated carbocycles. The predicted molar refractivity (Wildman–Crippen MR) is 145 cm³/mol. The first-order valence-electron chi connectivity index (χ1n) is 12.6. The van der Waals surface area contributed by atoms with Crippen LogP contribution in [-0.2, 0) is 0 Å². The molecular formula is C28H33N7O. The summed E-state index contributed by atoms with van der Waals surface area (Å²) in [5.41, 5.74) is 11.5. The molecule has 1 saturated heterocycles. The van der Waals surface area contributed by atoms with E-state index in [2.05, 4.69) is 63.3 Å². The minimum Gasteiger partial charge on any atom is -0.369 e. The van der Waals surface area contributed by atoms with Crippen LogP contribution in [0.2, 0.25) is 0 Å². The van der Waals surface area contributed by atoms with E-state index in [0.29, 0.717) is 5.56 Å². The third-order valence-electron chi connectivity index (χ3n) is 6.80. The van der Waals surface area contributed by atoms with Gasteiger partial charge in [-0.1, -0.05) is 26.0 Å². The van der Waals surface area contributed by atoms with Crippen LogP contribution in [0, 0.1) is 5.92 Å². The molecule has 186 valence electrons. The van der Waals surface area contributed by atoms with Crippen molar-refractivity contribution in [2.45, 2.75) is 20.3 Å². The Labute approximate surface area is 211 Å². The van der Waals surface area contributed by atoms with Gasteiger partial charge in [0.25, 0.3) is 0 Å². The van der Waals surface area contributed by atoms with Crippen LogP contribution in [0.4, 0.5) is 17.1 Å². The van der Waals surface area contributed by atoms with Gasteiger partial charge in [-0.3, -0.25) is 9.69 Å². The van der Waals surface area contributed by atoms with Crippen molar-refractivity contribution in [3.63, 3.8) is 0 Å². The van der Waals surface area contributed by atoms with E-state index in [9.17, 15) is 4.79 Å². The van der Waals surface area contributed by atoms with Crippen LogP contribution in [-0.4, -0.2) is 58.1 Å². The van der Waals surface area contributed by atoms with E-state index >= 15 is 0 Å². The van der Waals surface area contributed by atoms with Crippen molar-refractivity contribution < 1.29 is 4.79 Å². The Hall–Kier alpha value is -3.91. The van der Waals surface area contributed by atoms with Crippen LogP contribution in [0.3, 0.4) is 0 Å². The number of nitrogens with two attached hydrogens (primary N) is 1. The minimum absolute atomic E-state index is 0.443. The maximum Gasteiger partial charge on any atom is 0.248 e. The van der Waals surface area contributed by atoms with Crippen LogP contribution in [0.15, 0.2) is 67.0 Å². The van der Waals surface area contributed by atoms with Gasteiger partial charge >= 0.3 is 0 Å². The molecule has 5 rings (SSSR count). The summed E-state index contributed by atoms with van der Waals surface area (Å²) in [5.74, 6) is 0.315. The second-order valence-corrected chi connectivity index (χ2v) is 9.75. The number of aromatic nitrogens is 3. The summed E-state index contributed by atoms with van der Waals surface area (Å²) in [6.07, 6.45) is 2.81. The smallest absolute Gasteiger partial charge is 0.248 e.